The molecule has 0 amide bonds. The van der Waals surface area contributed by atoms with Gasteiger partial charge in [0.1, 0.15) is 5.00 Å². The molecular formula is C101H64Br3N5S4. The van der Waals surface area contributed by atoms with Crippen molar-refractivity contribution in [2.45, 2.75) is 0 Å². The molecule has 0 saturated heterocycles. The maximum absolute atomic E-state index is 4.36. The van der Waals surface area contributed by atoms with Crippen LogP contribution < -0.4 is 14.7 Å². The van der Waals surface area contributed by atoms with E-state index in [4.69, 9.17) is 0 Å². The first-order valence-electron chi connectivity index (χ1n) is 37.2. The van der Waals surface area contributed by atoms with Crippen LogP contribution in [0.3, 0.4) is 0 Å². The molecule has 0 aliphatic heterocycles. The van der Waals surface area contributed by atoms with Crippen LogP contribution in [0.25, 0.3) is 137 Å². The Labute approximate surface area is 694 Å². The molecule has 113 heavy (non-hydrogen) atoms. The summed E-state index contributed by atoms with van der Waals surface area (Å²) in [7, 11) is 0. The molecule has 538 valence electrons. The van der Waals surface area contributed by atoms with Crippen molar-refractivity contribution >= 4 is 264 Å². The molecule has 12 heteroatoms. The number of fused-ring (bicyclic) bond motifs is 17. The monoisotopic (exact) mass is 1710 g/mol. The van der Waals surface area contributed by atoms with Crippen LogP contribution in [0.2, 0.25) is 0 Å². The molecule has 0 atom stereocenters. The number of rotatable bonds is 12. The molecule has 6 aromatic heterocycles. The zero-order chi connectivity index (χ0) is 75.6. The van der Waals surface area contributed by atoms with Crippen LogP contribution >= 0.6 is 93.1 Å². The second-order valence-corrected chi connectivity index (χ2v) is 34.9. The fourth-order valence-electron chi connectivity index (χ4n) is 16.0. The van der Waals surface area contributed by atoms with Crippen molar-refractivity contribution in [1.82, 2.24) is 9.55 Å². The lowest BCUT2D eigenvalue weighted by molar-refractivity contribution is 1.18. The third-order valence-corrected chi connectivity index (χ3v) is 27.1. The van der Waals surface area contributed by atoms with Crippen LogP contribution in [0.4, 0.5) is 50.5 Å². The van der Waals surface area contributed by atoms with Crippen molar-refractivity contribution in [2.24, 2.45) is 0 Å². The number of anilines is 9. The molecule has 5 nitrogen and oxygen atoms in total. The average molecular weight is 1720 g/mol. The molecule has 0 unspecified atom stereocenters. The van der Waals surface area contributed by atoms with E-state index in [1.54, 1.807) is 0 Å². The molecule has 0 aliphatic carbocycles. The first-order chi connectivity index (χ1) is 55.7. The van der Waals surface area contributed by atoms with E-state index in [1.165, 1.54) is 136 Å². The first kappa shape index (κ1) is 70.3. The Morgan fingerprint density at radius 1 is 0.301 bits per heavy atom. The standard InChI is InChI=1S/C36H23BrN2S.C34H22BrNS2.C31H19BrN2S/c37-24-15-20-35-32(21-24)31-19-17-28(23-36(31)40-35)38(25-9-3-1-4-10-25)27-16-18-30-29-13-7-8-14-33(29)39(34(30)22-27)26-11-5-2-6-12-26;1-2-22-12-15-25(16-13-22)36(33-19-18-30(38-33)23-8-4-3-5-9-23)29-21-32-34(27-11-7-6-10-26(27)29)28-20-24(35)14-17-31(28)37-32;32-22-11-13-29-27(17-22)31-26-9-5-4-8-25(26)28(18-30(31)35-29)34(23-6-2-1-3-7-23)24-12-10-20-14-15-33-19-21(20)16-24/h1-23H;2-21H,1H2;1-19H. The predicted octanol–water partition coefficient (Wildman–Crippen LogP) is 33.2. The number of para-hydroxylation sites is 4. The van der Waals surface area contributed by atoms with Crippen LogP contribution in [0.15, 0.2) is 390 Å². The number of aromatic nitrogens is 2. The highest BCUT2D eigenvalue weighted by atomic mass is 79.9. The molecule has 0 bridgehead atoms. The van der Waals surface area contributed by atoms with E-state index in [2.05, 4.69) is 437 Å². The summed E-state index contributed by atoms with van der Waals surface area (Å²) in [6, 6.07) is 129. The summed E-state index contributed by atoms with van der Waals surface area (Å²) in [6.45, 7) is 3.95. The van der Waals surface area contributed by atoms with Gasteiger partial charge >= 0.3 is 0 Å². The number of hydrogen-bond acceptors (Lipinski definition) is 8. The first-order valence-corrected chi connectivity index (χ1v) is 42.8. The van der Waals surface area contributed by atoms with Crippen molar-refractivity contribution < 1.29 is 0 Å². The highest BCUT2D eigenvalue weighted by molar-refractivity contribution is 9.11. The van der Waals surface area contributed by atoms with Gasteiger partial charge in [0.2, 0.25) is 0 Å². The molecule has 6 heterocycles. The zero-order valence-electron chi connectivity index (χ0n) is 60.5. The van der Waals surface area contributed by atoms with Crippen LogP contribution in [-0.2, 0) is 0 Å². The molecular weight excluding hydrogens is 1650 g/mol. The van der Waals surface area contributed by atoms with Gasteiger partial charge in [-0.25, -0.2) is 0 Å². The Kier molecular flexibility index (Phi) is 18.7. The Hall–Kier alpha value is -11.8. The summed E-state index contributed by atoms with van der Waals surface area (Å²) in [5.74, 6) is 0. The normalized spacial score (nSPS) is 11.5. The van der Waals surface area contributed by atoms with Gasteiger partial charge in [-0.15, -0.1) is 45.3 Å². The topological polar surface area (TPSA) is 27.5 Å². The van der Waals surface area contributed by atoms with Crippen molar-refractivity contribution in [3.8, 4) is 16.1 Å². The van der Waals surface area contributed by atoms with E-state index >= 15 is 0 Å². The fourth-order valence-corrected chi connectivity index (χ4v) is 21.5. The molecule has 22 aromatic rings. The largest absolute Gasteiger partial charge is 0.310 e. The quantitative estimate of drug-likeness (QED) is 0.122. The third-order valence-electron chi connectivity index (χ3n) is 21.1. The van der Waals surface area contributed by atoms with Crippen LogP contribution in [0, 0.1) is 0 Å². The lowest BCUT2D eigenvalue weighted by Gasteiger charge is -2.27. The summed E-state index contributed by atoms with van der Waals surface area (Å²) in [6.07, 6.45) is 5.68. The van der Waals surface area contributed by atoms with Crippen LogP contribution in [-0.4, -0.2) is 9.55 Å². The number of nitrogens with zero attached hydrogens (tertiary/aromatic N) is 5. The minimum Gasteiger partial charge on any atom is -0.310 e. The Morgan fingerprint density at radius 2 is 0.779 bits per heavy atom. The van der Waals surface area contributed by atoms with Gasteiger partial charge in [0, 0.05) is 158 Å². The fraction of sp³-hybridized carbons (Fsp3) is 0. The number of benzene rings is 16. The predicted molar refractivity (Wildman–Crippen MR) is 503 cm³/mol. The summed E-state index contributed by atoms with van der Waals surface area (Å²) >= 11 is 18.4. The lowest BCUT2D eigenvalue weighted by atomic mass is 10.0. The van der Waals surface area contributed by atoms with Crippen LogP contribution in [0.5, 0.6) is 0 Å². The van der Waals surface area contributed by atoms with Gasteiger partial charge in [-0.3, -0.25) is 4.98 Å². The number of thiophene rings is 4. The number of pyridine rings is 1. The van der Waals surface area contributed by atoms with Gasteiger partial charge in [-0.05, 0) is 203 Å². The zero-order valence-corrected chi connectivity index (χ0v) is 68.5. The van der Waals surface area contributed by atoms with Gasteiger partial charge in [-0.1, -0.05) is 242 Å². The minimum absolute atomic E-state index is 1.11. The maximum atomic E-state index is 4.36. The second kappa shape index (κ2) is 30.0. The Balaban J connectivity index is 0.000000110. The lowest BCUT2D eigenvalue weighted by Crippen LogP contribution is -2.10. The highest BCUT2D eigenvalue weighted by Crippen LogP contribution is 2.52. The molecule has 0 saturated carbocycles. The van der Waals surface area contributed by atoms with E-state index < -0.39 is 0 Å². The summed E-state index contributed by atoms with van der Waals surface area (Å²) < 4.78 is 13.5. The summed E-state index contributed by atoms with van der Waals surface area (Å²) in [5, 5.41) is 18.8. The van der Waals surface area contributed by atoms with Gasteiger partial charge in [0.15, 0.2) is 0 Å². The molecule has 22 rings (SSSR count). The van der Waals surface area contributed by atoms with Crippen molar-refractivity contribution in [3.63, 3.8) is 0 Å². The highest BCUT2D eigenvalue weighted by Gasteiger charge is 2.25. The van der Waals surface area contributed by atoms with E-state index in [0.717, 1.165) is 64.2 Å². The SMILES string of the molecule is Brc1ccc2sc3cc(N(c4ccccc4)c4ccc5c6ccccc6n(-c6ccccc6)c5c4)ccc3c2c1.Brc1ccc2sc3cc(N(c4ccccc4)c4ccc5ccncc5c4)c4ccccc4c3c2c1.C=Cc1ccc(N(c2ccc(-c3ccccc3)s2)c2cc3sc4ccc(Br)cc4c3c3ccccc23)cc1. The molecule has 16 aromatic carbocycles. The molecule has 0 radical (unpaired) electrons. The number of hydrogen-bond donors (Lipinski definition) is 0. The van der Waals surface area contributed by atoms with Crippen molar-refractivity contribution in [1.29, 1.82) is 0 Å². The van der Waals surface area contributed by atoms with Gasteiger partial charge in [-0.2, -0.15) is 0 Å². The smallest absolute Gasteiger partial charge is 0.101 e. The van der Waals surface area contributed by atoms with Gasteiger partial charge in [0.05, 0.1) is 22.4 Å². The molecule has 0 aliphatic rings. The molecule has 0 spiro atoms. The maximum Gasteiger partial charge on any atom is 0.101 e. The van der Waals surface area contributed by atoms with E-state index in [1.807, 2.05) is 63.8 Å². The minimum atomic E-state index is 1.11. The summed E-state index contributed by atoms with van der Waals surface area (Å²) in [4.78, 5) is 12.8. The third kappa shape index (κ3) is 13.1. The van der Waals surface area contributed by atoms with Crippen molar-refractivity contribution in [2.75, 3.05) is 14.7 Å². The van der Waals surface area contributed by atoms with Gasteiger partial charge < -0.3 is 19.3 Å². The van der Waals surface area contributed by atoms with E-state index in [0.29, 0.717) is 0 Å². The van der Waals surface area contributed by atoms with E-state index in [9.17, 15) is 0 Å². The van der Waals surface area contributed by atoms with Crippen LogP contribution in [0.1, 0.15) is 5.56 Å². The summed E-state index contributed by atoms with van der Waals surface area (Å²) in [5.41, 5.74) is 15.1. The molecule has 0 fully saturated rings. The second-order valence-electron chi connectivity index (χ2n) is 27.8. The molecule has 0 N–H and O–H groups in total. The average Bonchev–Trinajstić information content (AvgIpc) is 1.60. The van der Waals surface area contributed by atoms with E-state index in [-0.39, 0.29) is 0 Å². The number of halogens is 3. The Bertz CT molecular complexity index is 7400. The van der Waals surface area contributed by atoms with Crippen molar-refractivity contribution in [3.05, 3.63) is 396 Å². The van der Waals surface area contributed by atoms with Gasteiger partial charge in [0.25, 0.3) is 0 Å². The Morgan fingerprint density at radius 3 is 1.41 bits per heavy atom.